The van der Waals surface area contributed by atoms with Gasteiger partial charge in [-0.2, -0.15) is 10.5 Å². The SMILES string of the molecule is N#Cc1ccccc1N1C2=C(C(C3C=CCC(N4c5ccccc5C5C=CC=CC54)C3)=CCC2)C2CC(C#N)CCC21. The van der Waals surface area contributed by atoms with Crippen LogP contribution in [0.2, 0.25) is 0 Å². The van der Waals surface area contributed by atoms with Crippen LogP contribution in [0.15, 0.2) is 108 Å². The Balaban J connectivity index is 1.16. The lowest BCUT2D eigenvalue weighted by Crippen LogP contribution is -2.43. The fourth-order valence-corrected chi connectivity index (χ4v) is 9.08. The first-order valence-corrected chi connectivity index (χ1v) is 15.8. The van der Waals surface area contributed by atoms with Gasteiger partial charge in [-0.1, -0.05) is 72.9 Å². The third-order valence-corrected chi connectivity index (χ3v) is 10.7. The normalized spacial score (nSPS) is 32.4. The number of hydrogen-bond acceptors (Lipinski definition) is 4. The average molecular weight is 549 g/mol. The molecule has 42 heavy (non-hydrogen) atoms. The van der Waals surface area contributed by atoms with Crippen molar-refractivity contribution in [2.24, 2.45) is 17.8 Å². The van der Waals surface area contributed by atoms with Crippen LogP contribution < -0.4 is 9.80 Å². The molecule has 0 saturated heterocycles. The van der Waals surface area contributed by atoms with E-state index in [0.717, 1.165) is 56.2 Å². The molecule has 0 spiro atoms. The number of fused-ring (bicyclic) bond motifs is 5. The number of anilines is 2. The molecule has 6 aliphatic rings. The number of nitrogens with zero attached hydrogens (tertiary/aromatic N) is 4. The Labute approximate surface area is 249 Å². The van der Waals surface area contributed by atoms with Crippen LogP contribution in [0.25, 0.3) is 0 Å². The molecule has 0 bridgehead atoms. The Kier molecular flexibility index (Phi) is 6.19. The lowest BCUT2D eigenvalue weighted by molar-refractivity contribution is 0.313. The van der Waals surface area contributed by atoms with Gasteiger partial charge < -0.3 is 9.80 Å². The number of para-hydroxylation sites is 2. The monoisotopic (exact) mass is 548 g/mol. The molecule has 0 aromatic heterocycles. The Morgan fingerprint density at radius 2 is 1.69 bits per heavy atom. The first kappa shape index (κ1) is 25.4. The summed E-state index contributed by atoms with van der Waals surface area (Å²) in [6, 6.07) is 23.3. The molecule has 7 unspecified atom stereocenters. The standard InChI is InChI=1S/C38H36N4/c39-23-25-19-20-36-32(21-25)38-29(14-8-18-37(38)42(36)33-15-4-1-9-27(33)24-40)26-10-7-11-28(22-26)41-34-16-5-2-12-30(34)31-13-3-6-17-35(31)41/h1-7,9-10,12-17,25-26,28,30,32,34,36H,8,11,18-22H2. The summed E-state index contributed by atoms with van der Waals surface area (Å²) in [5.41, 5.74) is 9.03. The lowest BCUT2D eigenvalue weighted by Gasteiger charge is -2.40. The molecule has 0 amide bonds. The molecule has 4 heteroatoms. The van der Waals surface area contributed by atoms with Gasteiger partial charge in [-0.3, -0.25) is 0 Å². The van der Waals surface area contributed by atoms with Gasteiger partial charge in [0.1, 0.15) is 6.07 Å². The first-order valence-electron chi connectivity index (χ1n) is 15.8. The van der Waals surface area contributed by atoms with E-state index in [1.165, 1.54) is 28.1 Å². The zero-order valence-corrected chi connectivity index (χ0v) is 23.9. The van der Waals surface area contributed by atoms with Gasteiger partial charge in [0.25, 0.3) is 0 Å². The highest BCUT2D eigenvalue weighted by Crippen LogP contribution is 2.54. The van der Waals surface area contributed by atoms with Crippen molar-refractivity contribution in [2.45, 2.75) is 69.0 Å². The Bertz CT molecular complexity index is 1660. The van der Waals surface area contributed by atoms with Crippen molar-refractivity contribution in [3.05, 3.63) is 119 Å². The summed E-state index contributed by atoms with van der Waals surface area (Å²) < 4.78 is 0. The van der Waals surface area contributed by atoms with Crippen molar-refractivity contribution in [2.75, 3.05) is 9.80 Å². The molecule has 2 aromatic carbocycles. The van der Waals surface area contributed by atoms with Gasteiger partial charge >= 0.3 is 0 Å². The number of allylic oxidation sites excluding steroid dienone is 6. The van der Waals surface area contributed by atoms with Gasteiger partial charge in [-0.25, -0.2) is 0 Å². The molecule has 2 heterocycles. The predicted octanol–water partition coefficient (Wildman–Crippen LogP) is 8.09. The maximum atomic E-state index is 10.0. The zero-order chi connectivity index (χ0) is 28.2. The second-order valence-electron chi connectivity index (χ2n) is 12.8. The van der Waals surface area contributed by atoms with E-state index in [4.69, 9.17) is 0 Å². The number of rotatable bonds is 3. The van der Waals surface area contributed by atoms with Crippen LogP contribution in [-0.2, 0) is 0 Å². The molecule has 8 rings (SSSR count). The summed E-state index contributed by atoms with van der Waals surface area (Å²) in [5.74, 6) is 1.23. The van der Waals surface area contributed by atoms with Crippen LogP contribution in [0.5, 0.6) is 0 Å². The van der Waals surface area contributed by atoms with Crippen LogP contribution in [-0.4, -0.2) is 18.1 Å². The second-order valence-corrected chi connectivity index (χ2v) is 12.8. The predicted molar refractivity (Wildman–Crippen MR) is 168 cm³/mol. The molecular formula is C38H36N4. The molecule has 4 nitrogen and oxygen atoms in total. The van der Waals surface area contributed by atoms with E-state index >= 15 is 0 Å². The van der Waals surface area contributed by atoms with E-state index < -0.39 is 0 Å². The molecule has 1 saturated carbocycles. The van der Waals surface area contributed by atoms with Gasteiger partial charge in [-0.15, -0.1) is 0 Å². The van der Waals surface area contributed by atoms with Crippen molar-refractivity contribution in [1.29, 1.82) is 10.5 Å². The fourth-order valence-electron chi connectivity index (χ4n) is 9.08. The quantitative estimate of drug-likeness (QED) is 0.364. The minimum Gasteiger partial charge on any atom is -0.361 e. The Morgan fingerprint density at radius 3 is 2.57 bits per heavy atom. The highest BCUT2D eigenvalue weighted by atomic mass is 15.2. The molecule has 0 N–H and O–H groups in total. The van der Waals surface area contributed by atoms with Crippen molar-refractivity contribution in [3.63, 3.8) is 0 Å². The van der Waals surface area contributed by atoms with Gasteiger partial charge in [0, 0.05) is 47.1 Å². The topological polar surface area (TPSA) is 54.1 Å². The lowest BCUT2D eigenvalue weighted by atomic mass is 9.70. The average Bonchev–Trinajstić information content (AvgIpc) is 3.57. The van der Waals surface area contributed by atoms with E-state index in [1.807, 2.05) is 12.1 Å². The molecule has 208 valence electrons. The van der Waals surface area contributed by atoms with Crippen molar-refractivity contribution < 1.29 is 0 Å². The van der Waals surface area contributed by atoms with Crippen molar-refractivity contribution in [3.8, 4) is 12.1 Å². The number of benzene rings is 2. The van der Waals surface area contributed by atoms with Crippen LogP contribution in [0, 0.1) is 40.4 Å². The van der Waals surface area contributed by atoms with E-state index in [9.17, 15) is 10.5 Å². The minimum absolute atomic E-state index is 0.105. The number of nitriles is 2. The fraction of sp³-hybridized carbons (Fsp3) is 0.368. The highest BCUT2D eigenvalue weighted by molar-refractivity contribution is 5.69. The van der Waals surface area contributed by atoms with E-state index in [0.29, 0.717) is 35.9 Å². The molecule has 7 atom stereocenters. The summed E-state index contributed by atoms with van der Waals surface area (Å²) in [5, 5.41) is 20.0. The second kappa shape index (κ2) is 10.2. The van der Waals surface area contributed by atoms with Crippen molar-refractivity contribution in [1.82, 2.24) is 0 Å². The molecule has 0 radical (unpaired) electrons. The van der Waals surface area contributed by atoms with Crippen LogP contribution in [0.4, 0.5) is 11.4 Å². The van der Waals surface area contributed by atoms with Crippen LogP contribution in [0.3, 0.4) is 0 Å². The molecular weight excluding hydrogens is 512 g/mol. The summed E-state index contributed by atoms with van der Waals surface area (Å²) in [4.78, 5) is 5.25. The largest absolute Gasteiger partial charge is 0.361 e. The van der Waals surface area contributed by atoms with Crippen LogP contribution in [0.1, 0.15) is 62.0 Å². The molecule has 2 aliphatic heterocycles. The highest BCUT2D eigenvalue weighted by Gasteiger charge is 2.48. The first-order chi connectivity index (χ1) is 20.8. The zero-order valence-electron chi connectivity index (χ0n) is 23.9. The van der Waals surface area contributed by atoms with Gasteiger partial charge in [0.15, 0.2) is 0 Å². The molecule has 2 aromatic rings. The maximum Gasteiger partial charge on any atom is 0.101 e. The summed E-state index contributed by atoms with van der Waals surface area (Å²) in [7, 11) is 0. The van der Waals surface area contributed by atoms with E-state index in [2.05, 4.69) is 101 Å². The summed E-state index contributed by atoms with van der Waals surface area (Å²) in [6.45, 7) is 0. The minimum atomic E-state index is 0.105. The molecule has 1 fully saturated rings. The van der Waals surface area contributed by atoms with Crippen molar-refractivity contribution >= 4 is 11.4 Å². The van der Waals surface area contributed by atoms with E-state index in [-0.39, 0.29) is 5.92 Å². The Morgan fingerprint density at radius 1 is 0.857 bits per heavy atom. The third-order valence-electron chi connectivity index (χ3n) is 10.7. The van der Waals surface area contributed by atoms with Crippen LogP contribution >= 0.6 is 0 Å². The third kappa shape index (κ3) is 3.85. The van der Waals surface area contributed by atoms with Gasteiger partial charge in [-0.05, 0) is 79.9 Å². The van der Waals surface area contributed by atoms with Gasteiger partial charge in [0.05, 0.1) is 23.4 Å². The van der Waals surface area contributed by atoms with Gasteiger partial charge in [0.2, 0.25) is 0 Å². The number of hydrogen-bond donors (Lipinski definition) is 0. The van der Waals surface area contributed by atoms with E-state index in [1.54, 1.807) is 0 Å². The Hall–Kier alpha value is -4.28. The smallest absolute Gasteiger partial charge is 0.101 e. The summed E-state index contributed by atoms with van der Waals surface area (Å²) >= 11 is 0. The summed E-state index contributed by atoms with van der Waals surface area (Å²) in [6.07, 6.45) is 23.7. The molecule has 4 aliphatic carbocycles. The maximum absolute atomic E-state index is 10.0.